The maximum absolute atomic E-state index is 13.0. The Hall–Kier alpha value is -2.91. The van der Waals surface area contributed by atoms with Crippen LogP contribution in [-0.2, 0) is 16.1 Å². The lowest BCUT2D eigenvalue weighted by Crippen LogP contribution is -2.23. The van der Waals surface area contributed by atoms with Crippen LogP contribution in [0.15, 0.2) is 46.9 Å². The molecule has 3 aromatic rings. The van der Waals surface area contributed by atoms with Gasteiger partial charge in [0.1, 0.15) is 4.83 Å². The molecule has 32 heavy (non-hydrogen) atoms. The third-order valence-corrected chi connectivity index (χ3v) is 6.72. The number of thiophene rings is 1. The minimum Gasteiger partial charge on any atom is -0.459 e. The number of aromatic nitrogens is 2. The van der Waals surface area contributed by atoms with E-state index in [-0.39, 0.29) is 23.3 Å². The molecule has 0 unspecified atom stereocenters. The van der Waals surface area contributed by atoms with Gasteiger partial charge in [-0.3, -0.25) is 14.2 Å². The Bertz CT molecular complexity index is 1230. The number of benzene rings is 1. The van der Waals surface area contributed by atoms with Gasteiger partial charge in [0, 0.05) is 17.1 Å². The monoisotopic (exact) mass is 471 g/mol. The minimum absolute atomic E-state index is 0.0789. The number of amides is 1. The molecule has 7 nitrogen and oxygen atoms in total. The molecule has 3 rings (SSSR count). The van der Waals surface area contributed by atoms with Crippen molar-refractivity contribution in [1.82, 2.24) is 9.55 Å². The molecular weight excluding hydrogens is 446 g/mol. The molecule has 0 atom stereocenters. The van der Waals surface area contributed by atoms with Crippen molar-refractivity contribution in [3.8, 4) is 0 Å². The van der Waals surface area contributed by atoms with E-state index >= 15 is 0 Å². The van der Waals surface area contributed by atoms with Crippen LogP contribution in [0.5, 0.6) is 0 Å². The first kappa shape index (κ1) is 23.7. The molecule has 9 heteroatoms. The maximum Gasteiger partial charge on any atom is 0.338 e. The van der Waals surface area contributed by atoms with Crippen LogP contribution in [-0.4, -0.2) is 33.3 Å². The molecule has 1 N–H and O–H groups in total. The van der Waals surface area contributed by atoms with Crippen LogP contribution in [0.25, 0.3) is 10.2 Å². The van der Waals surface area contributed by atoms with Crippen LogP contribution in [0.4, 0.5) is 5.69 Å². The predicted molar refractivity (Wildman–Crippen MR) is 130 cm³/mol. The van der Waals surface area contributed by atoms with E-state index in [0.717, 1.165) is 10.4 Å². The summed E-state index contributed by atoms with van der Waals surface area (Å²) in [7, 11) is 0. The summed E-state index contributed by atoms with van der Waals surface area (Å²) < 4.78 is 6.70. The van der Waals surface area contributed by atoms with Gasteiger partial charge < -0.3 is 10.1 Å². The summed E-state index contributed by atoms with van der Waals surface area (Å²) in [6.45, 7) is 11.5. The Morgan fingerprint density at radius 2 is 1.97 bits per heavy atom. The molecule has 0 aliphatic rings. The SMILES string of the molecule is C=CCn1c(SCC(=O)Nc2ccc(C(=O)OC(C)C)cc2)nc2sc(C)c(C)c2c1=O. The molecule has 0 bridgehead atoms. The molecule has 0 radical (unpaired) electrons. The lowest BCUT2D eigenvalue weighted by atomic mass is 10.2. The zero-order chi connectivity index (χ0) is 23.4. The number of carbonyl (C=O) groups excluding carboxylic acids is 2. The van der Waals surface area contributed by atoms with Gasteiger partial charge in [-0.15, -0.1) is 17.9 Å². The topological polar surface area (TPSA) is 90.3 Å². The Kier molecular flexibility index (Phi) is 7.52. The van der Waals surface area contributed by atoms with Gasteiger partial charge in [-0.1, -0.05) is 17.8 Å². The largest absolute Gasteiger partial charge is 0.459 e. The van der Waals surface area contributed by atoms with Gasteiger partial charge in [0.15, 0.2) is 5.16 Å². The van der Waals surface area contributed by atoms with Gasteiger partial charge in [-0.05, 0) is 57.5 Å². The number of hydrogen-bond donors (Lipinski definition) is 1. The number of rotatable bonds is 8. The van der Waals surface area contributed by atoms with E-state index in [0.29, 0.717) is 33.2 Å². The van der Waals surface area contributed by atoms with E-state index in [2.05, 4.69) is 16.9 Å². The first-order chi connectivity index (χ1) is 15.2. The number of fused-ring (bicyclic) bond motifs is 1. The number of carbonyl (C=O) groups is 2. The lowest BCUT2D eigenvalue weighted by molar-refractivity contribution is -0.113. The van der Waals surface area contributed by atoms with E-state index in [4.69, 9.17) is 4.74 Å². The summed E-state index contributed by atoms with van der Waals surface area (Å²) in [6, 6.07) is 6.50. The van der Waals surface area contributed by atoms with Gasteiger partial charge in [-0.2, -0.15) is 0 Å². The van der Waals surface area contributed by atoms with Gasteiger partial charge in [0.25, 0.3) is 5.56 Å². The second kappa shape index (κ2) is 10.1. The van der Waals surface area contributed by atoms with Crippen molar-refractivity contribution < 1.29 is 14.3 Å². The number of allylic oxidation sites excluding steroid dienone is 1. The summed E-state index contributed by atoms with van der Waals surface area (Å²) in [5.74, 6) is -0.574. The number of ether oxygens (including phenoxy) is 1. The first-order valence-electron chi connectivity index (χ1n) is 10.1. The summed E-state index contributed by atoms with van der Waals surface area (Å²) in [4.78, 5) is 43.7. The lowest BCUT2D eigenvalue weighted by Gasteiger charge is -2.11. The highest BCUT2D eigenvalue weighted by atomic mass is 32.2. The van der Waals surface area contributed by atoms with E-state index < -0.39 is 5.97 Å². The average molecular weight is 472 g/mol. The maximum atomic E-state index is 13.0. The van der Waals surface area contributed by atoms with E-state index in [1.807, 2.05) is 13.8 Å². The van der Waals surface area contributed by atoms with Crippen molar-refractivity contribution in [1.29, 1.82) is 0 Å². The van der Waals surface area contributed by atoms with E-state index in [1.54, 1.807) is 48.8 Å². The van der Waals surface area contributed by atoms with Crippen molar-refractivity contribution in [2.75, 3.05) is 11.1 Å². The predicted octanol–water partition coefficient (Wildman–Crippen LogP) is 4.56. The molecule has 168 valence electrons. The van der Waals surface area contributed by atoms with Crippen LogP contribution in [0.1, 0.15) is 34.6 Å². The standard InChI is InChI=1S/C23H25N3O4S2/c1-6-11-26-21(28)19-14(4)15(5)32-20(19)25-23(26)31-12-18(27)24-17-9-7-16(8-10-17)22(29)30-13(2)3/h6-10,13H,1,11-12H2,2-5H3,(H,24,27). The molecule has 0 aliphatic carbocycles. The number of nitrogens with zero attached hydrogens (tertiary/aromatic N) is 2. The zero-order valence-electron chi connectivity index (χ0n) is 18.4. The second-order valence-corrected chi connectivity index (χ2v) is 9.58. The van der Waals surface area contributed by atoms with Gasteiger partial charge in [0.05, 0.1) is 22.8 Å². The number of hydrogen-bond acceptors (Lipinski definition) is 7. The van der Waals surface area contributed by atoms with Crippen molar-refractivity contribution in [3.63, 3.8) is 0 Å². The van der Waals surface area contributed by atoms with Crippen LogP contribution in [0.3, 0.4) is 0 Å². The van der Waals surface area contributed by atoms with Gasteiger partial charge in [-0.25, -0.2) is 9.78 Å². The highest BCUT2D eigenvalue weighted by Gasteiger charge is 2.17. The third kappa shape index (κ3) is 5.28. The molecule has 0 saturated heterocycles. The Balaban J connectivity index is 1.72. The molecular formula is C23H25N3O4S2. The van der Waals surface area contributed by atoms with Crippen LogP contribution >= 0.6 is 23.1 Å². The summed E-state index contributed by atoms with van der Waals surface area (Å²) in [6.07, 6.45) is 1.44. The number of aryl methyl sites for hydroxylation is 2. The van der Waals surface area contributed by atoms with E-state index in [1.165, 1.54) is 23.1 Å². The van der Waals surface area contributed by atoms with Crippen LogP contribution in [0, 0.1) is 13.8 Å². The first-order valence-corrected chi connectivity index (χ1v) is 11.9. The molecule has 1 amide bonds. The number of thioether (sulfide) groups is 1. The Morgan fingerprint density at radius 1 is 1.28 bits per heavy atom. The number of anilines is 1. The number of esters is 1. The number of nitrogens with one attached hydrogen (secondary N) is 1. The Morgan fingerprint density at radius 3 is 2.59 bits per heavy atom. The molecule has 0 saturated carbocycles. The second-order valence-electron chi connectivity index (χ2n) is 7.43. The van der Waals surface area contributed by atoms with Crippen molar-refractivity contribution in [2.45, 2.75) is 45.5 Å². The fraction of sp³-hybridized carbons (Fsp3) is 0.304. The van der Waals surface area contributed by atoms with Gasteiger partial charge in [0.2, 0.25) is 5.91 Å². The summed E-state index contributed by atoms with van der Waals surface area (Å²) in [5, 5.41) is 3.89. The normalized spacial score (nSPS) is 11.0. The molecule has 0 spiro atoms. The van der Waals surface area contributed by atoms with Gasteiger partial charge >= 0.3 is 5.97 Å². The highest BCUT2D eigenvalue weighted by Crippen LogP contribution is 2.28. The van der Waals surface area contributed by atoms with Crippen LogP contribution in [0.2, 0.25) is 0 Å². The average Bonchev–Trinajstić information content (AvgIpc) is 3.02. The van der Waals surface area contributed by atoms with Crippen LogP contribution < -0.4 is 10.9 Å². The molecule has 2 aromatic heterocycles. The smallest absolute Gasteiger partial charge is 0.338 e. The quantitative estimate of drug-likeness (QED) is 0.224. The molecule has 1 aromatic carbocycles. The van der Waals surface area contributed by atoms with Crippen molar-refractivity contribution in [2.24, 2.45) is 0 Å². The summed E-state index contributed by atoms with van der Waals surface area (Å²) >= 11 is 2.67. The molecule has 0 fully saturated rings. The van der Waals surface area contributed by atoms with Crippen molar-refractivity contribution >= 4 is 50.9 Å². The zero-order valence-corrected chi connectivity index (χ0v) is 20.1. The van der Waals surface area contributed by atoms with E-state index in [9.17, 15) is 14.4 Å². The van der Waals surface area contributed by atoms with Crippen molar-refractivity contribution in [3.05, 3.63) is 63.3 Å². The highest BCUT2D eigenvalue weighted by molar-refractivity contribution is 7.99. The Labute approximate surface area is 194 Å². The third-order valence-electron chi connectivity index (χ3n) is 4.64. The molecule has 0 aliphatic heterocycles. The molecule has 2 heterocycles. The summed E-state index contributed by atoms with van der Waals surface area (Å²) in [5.41, 5.74) is 1.80. The fourth-order valence-electron chi connectivity index (χ4n) is 3.01. The fourth-order valence-corrected chi connectivity index (χ4v) is 4.89. The minimum atomic E-state index is -0.408.